The number of likely N-dealkylation sites (tertiary alicyclic amines) is 1. The quantitative estimate of drug-likeness (QED) is 0.577. The van der Waals surface area contributed by atoms with Crippen LogP contribution in [-0.2, 0) is 0 Å². The summed E-state index contributed by atoms with van der Waals surface area (Å²) in [6.45, 7) is 4.08. The fraction of sp³-hybridized carbons (Fsp3) is 1.00. The fourth-order valence-electron chi connectivity index (χ4n) is 1.43. The van der Waals surface area contributed by atoms with Crippen LogP contribution < -0.4 is 0 Å². The molecular weight excluding hydrogens is 155 g/mol. The molecule has 1 saturated heterocycles. The van der Waals surface area contributed by atoms with Crippen LogP contribution in [0.15, 0.2) is 0 Å². The van der Waals surface area contributed by atoms with Gasteiger partial charge in [0.25, 0.3) is 0 Å². The van der Waals surface area contributed by atoms with Gasteiger partial charge in [0.15, 0.2) is 0 Å². The number of rotatable bonds is 1. The third kappa shape index (κ3) is 1.13. The zero-order valence-corrected chi connectivity index (χ0v) is 6.70. The molecular formula is C7H12F3N. The Morgan fingerprint density at radius 2 is 2.00 bits per heavy atom. The third-order valence-electron chi connectivity index (χ3n) is 2.56. The van der Waals surface area contributed by atoms with Gasteiger partial charge in [-0.15, -0.1) is 0 Å². The first kappa shape index (κ1) is 8.84. The topological polar surface area (TPSA) is 3.24 Å². The summed E-state index contributed by atoms with van der Waals surface area (Å²) >= 11 is 0. The van der Waals surface area contributed by atoms with Crippen LogP contribution in [0.3, 0.4) is 0 Å². The van der Waals surface area contributed by atoms with E-state index in [-0.39, 0.29) is 6.42 Å². The van der Waals surface area contributed by atoms with Gasteiger partial charge < -0.3 is 0 Å². The molecule has 0 aromatic heterocycles. The molecule has 1 nitrogen and oxygen atoms in total. The van der Waals surface area contributed by atoms with Crippen molar-refractivity contribution in [2.24, 2.45) is 0 Å². The highest BCUT2D eigenvalue weighted by atomic mass is 19.4. The summed E-state index contributed by atoms with van der Waals surface area (Å²) < 4.78 is 36.8. The maximum atomic E-state index is 12.3. The third-order valence-corrected chi connectivity index (χ3v) is 2.56. The van der Waals surface area contributed by atoms with E-state index in [1.807, 2.05) is 0 Å². The predicted octanol–water partition coefficient (Wildman–Crippen LogP) is 2.03. The summed E-state index contributed by atoms with van der Waals surface area (Å²) in [6, 6.07) is 0. The normalized spacial score (nSPS) is 33.5. The molecule has 0 aliphatic carbocycles. The second-order valence-electron chi connectivity index (χ2n) is 3.10. The van der Waals surface area contributed by atoms with E-state index in [1.165, 1.54) is 11.8 Å². The summed E-state index contributed by atoms with van der Waals surface area (Å²) in [5, 5.41) is 0. The highest BCUT2D eigenvalue weighted by molar-refractivity contribution is 5.00. The minimum Gasteiger partial charge on any atom is -0.290 e. The second-order valence-corrected chi connectivity index (χ2v) is 3.10. The summed E-state index contributed by atoms with van der Waals surface area (Å²) in [7, 11) is 0. The van der Waals surface area contributed by atoms with Crippen LogP contribution in [0.1, 0.15) is 20.3 Å². The number of halogens is 3. The lowest BCUT2D eigenvalue weighted by molar-refractivity contribution is -0.258. The van der Waals surface area contributed by atoms with Crippen molar-refractivity contribution in [1.82, 2.24) is 4.90 Å². The Hall–Kier alpha value is -0.250. The van der Waals surface area contributed by atoms with E-state index in [9.17, 15) is 13.2 Å². The summed E-state index contributed by atoms with van der Waals surface area (Å²) in [4.78, 5) is 1.45. The first-order chi connectivity index (χ1) is 4.92. The highest BCUT2D eigenvalue weighted by Crippen LogP contribution is 2.43. The molecule has 0 bridgehead atoms. The van der Waals surface area contributed by atoms with Crippen molar-refractivity contribution >= 4 is 0 Å². The first-order valence-electron chi connectivity index (χ1n) is 3.73. The van der Waals surface area contributed by atoms with Gasteiger partial charge in [-0.2, -0.15) is 13.2 Å². The fourth-order valence-corrected chi connectivity index (χ4v) is 1.43. The van der Waals surface area contributed by atoms with Crippen LogP contribution in [0.4, 0.5) is 13.2 Å². The van der Waals surface area contributed by atoms with Crippen LogP contribution in [0.5, 0.6) is 0 Å². The average Bonchev–Trinajstić information content (AvgIpc) is 1.83. The molecule has 0 saturated carbocycles. The summed E-state index contributed by atoms with van der Waals surface area (Å²) in [5.74, 6) is 0. The number of alkyl halides is 3. The Bertz CT molecular complexity index is 152. The molecule has 1 rings (SSSR count). The van der Waals surface area contributed by atoms with Crippen LogP contribution >= 0.6 is 0 Å². The second kappa shape index (κ2) is 2.37. The molecule has 1 unspecified atom stereocenters. The maximum Gasteiger partial charge on any atom is 0.406 e. The van der Waals surface area contributed by atoms with E-state index in [1.54, 1.807) is 6.92 Å². The van der Waals surface area contributed by atoms with Crippen molar-refractivity contribution in [2.75, 3.05) is 13.1 Å². The van der Waals surface area contributed by atoms with Crippen LogP contribution in [0.2, 0.25) is 0 Å². The van der Waals surface area contributed by atoms with Crippen molar-refractivity contribution in [3.05, 3.63) is 0 Å². The van der Waals surface area contributed by atoms with Gasteiger partial charge in [0.2, 0.25) is 0 Å². The Labute approximate surface area is 64.2 Å². The summed E-state index contributed by atoms with van der Waals surface area (Å²) in [6.07, 6.45) is -3.83. The molecule has 1 fully saturated rings. The number of nitrogens with zero attached hydrogens (tertiary/aromatic N) is 1. The minimum absolute atomic E-state index is 0.240. The molecule has 0 aromatic rings. The zero-order chi connectivity index (χ0) is 8.70. The Morgan fingerprint density at radius 1 is 1.45 bits per heavy atom. The van der Waals surface area contributed by atoms with E-state index in [2.05, 4.69) is 0 Å². The van der Waals surface area contributed by atoms with Gasteiger partial charge in [-0.25, -0.2) is 0 Å². The van der Waals surface area contributed by atoms with E-state index in [0.717, 1.165) is 0 Å². The molecule has 66 valence electrons. The van der Waals surface area contributed by atoms with Gasteiger partial charge >= 0.3 is 6.18 Å². The molecule has 0 radical (unpaired) electrons. The SMILES string of the molecule is CCN1CCC1(C)C(F)(F)F. The van der Waals surface area contributed by atoms with E-state index in [4.69, 9.17) is 0 Å². The monoisotopic (exact) mass is 167 g/mol. The molecule has 1 aliphatic rings. The van der Waals surface area contributed by atoms with Gasteiger partial charge in [0.1, 0.15) is 5.54 Å². The van der Waals surface area contributed by atoms with Crippen LogP contribution in [0.25, 0.3) is 0 Å². The predicted molar refractivity (Wildman–Crippen MR) is 36.3 cm³/mol. The molecule has 4 heteroatoms. The zero-order valence-electron chi connectivity index (χ0n) is 6.70. The van der Waals surface area contributed by atoms with E-state index in [0.29, 0.717) is 13.1 Å². The highest BCUT2D eigenvalue weighted by Gasteiger charge is 2.59. The lowest BCUT2D eigenvalue weighted by Gasteiger charge is -2.50. The molecule has 1 aliphatic heterocycles. The van der Waals surface area contributed by atoms with Crippen molar-refractivity contribution in [3.8, 4) is 0 Å². The van der Waals surface area contributed by atoms with Crippen molar-refractivity contribution in [2.45, 2.75) is 32.0 Å². The molecule has 0 N–H and O–H groups in total. The van der Waals surface area contributed by atoms with Crippen LogP contribution in [-0.4, -0.2) is 29.7 Å². The number of hydrogen-bond acceptors (Lipinski definition) is 1. The standard InChI is InChI=1S/C7H12F3N/c1-3-11-5-4-6(11,2)7(8,9)10/h3-5H2,1-2H3. The largest absolute Gasteiger partial charge is 0.406 e. The Kier molecular flexibility index (Phi) is 1.90. The van der Waals surface area contributed by atoms with Crippen molar-refractivity contribution < 1.29 is 13.2 Å². The Balaban J connectivity index is 2.68. The van der Waals surface area contributed by atoms with E-state index < -0.39 is 11.7 Å². The Morgan fingerprint density at radius 3 is 2.09 bits per heavy atom. The molecule has 1 atom stereocenters. The average molecular weight is 167 g/mol. The molecule has 1 heterocycles. The van der Waals surface area contributed by atoms with Gasteiger partial charge in [-0.3, -0.25) is 4.90 Å². The smallest absolute Gasteiger partial charge is 0.290 e. The van der Waals surface area contributed by atoms with Gasteiger partial charge in [-0.05, 0) is 19.9 Å². The van der Waals surface area contributed by atoms with Gasteiger partial charge in [-0.1, -0.05) is 6.92 Å². The van der Waals surface area contributed by atoms with Gasteiger partial charge in [0.05, 0.1) is 0 Å². The maximum absolute atomic E-state index is 12.3. The van der Waals surface area contributed by atoms with Crippen molar-refractivity contribution in [1.29, 1.82) is 0 Å². The van der Waals surface area contributed by atoms with Crippen molar-refractivity contribution in [3.63, 3.8) is 0 Å². The minimum atomic E-state index is -4.07. The molecule has 0 spiro atoms. The van der Waals surface area contributed by atoms with Crippen LogP contribution in [0, 0.1) is 0 Å². The summed E-state index contributed by atoms with van der Waals surface area (Å²) in [5.41, 5.74) is -1.54. The van der Waals surface area contributed by atoms with E-state index >= 15 is 0 Å². The lowest BCUT2D eigenvalue weighted by Crippen LogP contribution is -2.65. The molecule has 0 amide bonds. The first-order valence-corrected chi connectivity index (χ1v) is 3.73. The lowest BCUT2D eigenvalue weighted by atomic mass is 9.86. The molecule has 11 heavy (non-hydrogen) atoms. The number of hydrogen-bond donors (Lipinski definition) is 0. The molecule has 0 aromatic carbocycles. The van der Waals surface area contributed by atoms with Gasteiger partial charge in [0, 0.05) is 6.54 Å².